The van der Waals surface area contributed by atoms with E-state index in [0.29, 0.717) is 6.42 Å². The number of anilines is 2. The van der Waals surface area contributed by atoms with Gasteiger partial charge in [-0.15, -0.1) is 0 Å². The first-order valence-corrected chi connectivity index (χ1v) is 8.90. The van der Waals surface area contributed by atoms with E-state index < -0.39 is 0 Å². The zero-order chi connectivity index (χ0) is 16.1. The van der Waals surface area contributed by atoms with Crippen molar-refractivity contribution >= 4 is 17.4 Å². The molecule has 0 spiro atoms. The Morgan fingerprint density at radius 2 is 1.96 bits per heavy atom. The first kappa shape index (κ1) is 16.2. The summed E-state index contributed by atoms with van der Waals surface area (Å²) in [4.78, 5) is 21.2. The number of carbonyl (C=O) groups is 1. The lowest BCUT2D eigenvalue weighted by Crippen LogP contribution is -2.44. The minimum atomic E-state index is 0.117. The van der Waals surface area contributed by atoms with Crippen molar-refractivity contribution in [2.45, 2.75) is 38.5 Å². The van der Waals surface area contributed by atoms with Crippen LogP contribution in [0.1, 0.15) is 38.5 Å². The molecule has 0 bridgehead atoms. The van der Waals surface area contributed by atoms with Gasteiger partial charge in [-0.05, 0) is 31.5 Å². The highest BCUT2D eigenvalue weighted by atomic mass is 16.1. The monoisotopic (exact) mass is 316 g/mol. The molecule has 2 heterocycles. The van der Waals surface area contributed by atoms with Crippen LogP contribution in [0, 0.1) is 5.92 Å². The van der Waals surface area contributed by atoms with Gasteiger partial charge in [0.1, 0.15) is 5.82 Å². The molecule has 126 valence electrons. The number of piperazine rings is 1. The Kier molecular flexibility index (Phi) is 5.49. The molecule has 0 unspecified atom stereocenters. The third-order valence-electron chi connectivity index (χ3n) is 5.11. The van der Waals surface area contributed by atoms with Gasteiger partial charge in [-0.3, -0.25) is 4.79 Å². The van der Waals surface area contributed by atoms with E-state index in [0.717, 1.165) is 50.0 Å². The smallest absolute Gasteiger partial charge is 0.224 e. The average molecular weight is 316 g/mol. The maximum atomic E-state index is 12.0. The Labute approximate surface area is 139 Å². The Balaban J connectivity index is 1.46. The second-order valence-electron chi connectivity index (χ2n) is 6.93. The topological polar surface area (TPSA) is 48.5 Å². The molecule has 1 saturated carbocycles. The maximum absolute atomic E-state index is 12.0. The molecule has 1 aromatic heterocycles. The lowest BCUT2D eigenvalue weighted by Gasteiger charge is -2.33. The van der Waals surface area contributed by atoms with Crippen LogP contribution in [0.25, 0.3) is 0 Å². The average Bonchev–Trinajstić information content (AvgIpc) is 3.08. The van der Waals surface area contributed by atoms with E-state index in [1.54, 1.807) is 6.20 Å². The van der Waals surface area contributed by atoms with E-state index in [2.05, 4.69) is 27.1 Å². The van der Waals surface area contributed by atoms with Crippen molar-refractivity contribution in [3.63, 3.8) is 0 Å². The van der Waals surface area contributed by atoms with E-state index in [1.807, 2.05) is 12.1 Å². The molecule has 3 rings (SSSR count). The predicted molar refractivity (Wildman–Crippen MR) is 93.8 cm³/mol. The molecule has 0 atom stereocenters. The normalized spacial score (nSPS) is 20.0. The number of likely N-dealkylation sites (N-methyl/N-ethyl adjacent to an activating group) is 1. The molecule has 1 aromatic rings. The predicted octanol–water partition coefficient (Wildman–Crippen LogP) is 2.74. The van der Waals surface area contributed by atoms with Crippen LogP contribution in [0.4, 0.5) is 11.5 Å². The van der Waals surface area contributed by atoms with Gasteiger partial charge in [-0.2, -0.15) is 0 Å². The van der Waals surface area contributed by atoms with Crippen molar-refractivity contribution in [2.24, 2.45) is 5.92 Å². The summed E-state index contributed by atoms with van der Waals surface area (Å²) in [5.41, 5.74) is 0.805. The zero-order valence-electron chi connectivity index (χ0n) is 14.1. The van der Waals surface area contributed by atoms with Gasteiger partial charge in [0.25, 0.3) is 0 Å². The fourth-order valence-electron chi connectivity index (χ4n) is 3.54. The third kappa shape index (κ3) is 4.67. The number of amides is 1. The Bertz CT molecular complexity index is 502. The molecule has 5 nitrogen and oxygen atoms in total. The standard InChI is InChI=1S/C18H28N4O/c1-21-10-12-22(13-11-21)17-8-7-16(14-19-17)20-18(23)9-6-15-4-2-3-5-15/h7-8,14-15H,2-6,9-13H2,1H3,(H,20,23). The molecule has 2 aliphatic rings. The summed E-state index contributed by atoms with van der Waals surface area (Å²) in [5.74, 6) is 1.88. The van der Waals surface area contributed by atoms with Crippen molar-refractivity contribution in [3.05, 3.63) is 18.3 Å². The molecule has 23 heavy (non-hydrogen) atoms. The van der Waals surface area contributed by atoms with E-state index in [4.69, 9.17) is 0 Å². The summed E-state index contributed by atoms with van der Waals surface area (Å²) in [7, 11) is 2.15. The Morgan fingerprint density at radius 1 is 1.22 bits per heavy atom. The number of hydrogen-bond donors (Lipinski definition) is 1. The van der Waals surface area contributed by atoms with Crippen LogP contribution >= 0.6 is 0 Å². The summed E-state index contributed by atoms with van der Waals surface area (Å²) in [6.07, 6.45) is 8.71. The van der Waals surface area contributed by atoms with Gasteiger partial charge in [-0.1, -0.05) is 25.7 Å². The van der Waals surface area contributed by atoms with E-state index in [-0.39, 0.29) is 5.91 Å². The minimum absolute atomic E-state index is 0.117. The first-order chi connectivity index (χ1) is 11.2. The number of nitrogens with one attached hydrogen (secondary N) is 1. The van der Waals surface area contributed by atoms with Gasteiger partial charge in [0.2, 0.25) is 5.91 Å². The molecule has 1 saturated heterocycles. The quantitative estimate of drug-likeness (QED) is 0.907. The fourth-order valence-corrected chi connectivity index (χ4v) is 3.54. The second kappa shape index (κ2) is 7.77. The first-order valence-electron chi connectivity index (χ1n) is 8.90. The van der Waals surface area contributed by atoms with Crippen LogP contribution in [0.2, 0.25) is 0 Å². The number of hydrogen-bond acceptors (Lipinski definition) is 4. The molecule has 2 fully saturated rings. The Morgan fingerprint density at radius 3 is 2.61 bits per heavy atom. The highest BCUT2D eigenvalue weighted by Crippen LogP contribution is 2.28. The van der Waals surface area contributed by atoms with Gasteiger partial charge in [0.15, 0.2) is 0 Å². The van der Waals surface area contributed by atoms with E-state index in [9.17, 15) is 4.79 Å². The molecular weight excluding hydrogens is 288 g/mol. The summed E-state index contributed by atoms with van der Waals surface area (Å²) < 4.78 is 0. The summed E-state index contributed by atoms with van der Waals surface area (Å²) >= 11 is 0. The highest BCUT2D eigenvalue weighted by molar-refractivity contribution is 5.90. The van der Waals surface area contributed by atoms with Gasteiger partial charge >= 0.3 is 0 Å². The van der Waals surface area contributed by atoms with Crippen molar-refractivity contribution in [3.8, 4) is 0 Å². The van der Waals surface area contributed by atoms with Crippen molar-refractivity contribution < 1.29 is 4.79 Å². The number of carbonyl (C=O) groups excluding carboxylic acids is 1. The van der Waals surface area contributed by atoms with E-state index in [1.165, 1.54) is 25.7 Å². The van der Waals surface area contributed by atoms with Crippen LogP contribution in [-0.2, 0) is 4.79 Å². The largest absolute Gasteiger partial charge is 0.354 e. The van der Waals surface area contributed by atoms with Gasteiger partial charge < -0.3 is 15.1 Å². The molecule has 1 amide bonds. The number of pyridine rings is 1. The fraction of sp³-hybridized carbons (Fsp3) is 0.667. The van der Waals surface area contributed by atoms with Crippen LogP contribution < -0.4 is 10.2 Å². The van der Waals surface area contributed by atoms with Crippen LogP contribution in [-0.4, -0.2) is 49.0 Å². The van der Waals surface area contributed by atoms with Crippen LogP contribution in [0.5, 0.6) is 0 Å². The van der Waals surface area contributed by atoms with Gasteiger partial charge in [0, 0.05) is 32.6 Å². The molecule has 0 radical (unpaired) electrons. The maximum Gasteiger partial charge on any atom is 0.224 e. The minimum Gasteiger partial charge on any atom is -0.354 e. The molecule has 0 aromatic carbocycles. The number of rotatable bonds is 5. The SMILES string of the molecule is CN1CCN(c2ccc(NC(=O)CCC3CCCC3)cn2)CC1. The molecular formula is C18H28N4O. The molecule has 5 heteroatoms. The summed E-state index contributed by atoms with van der Waals surface area (Å²) in [6, 6.07) is 3.98. The second-order valence-corrected chi connectivity index (χ2v) is 6.93. The zero-order valence-corrected chi connectivity index (χ0v) is 14.1. The van der Waals surface area contributed by atoms with Gasteiger partial charge in [-0.25, -0.2) is 4.98 Å². The lowest BCUT2D eigenvalue weighted by molar-refractivity contribution is -0.116. The molecule has 1 aliphatic heterocycles. The van der Waals surface area contributed by atoms with Crippen molar-refractivity contribution in [1.82, 2.24) is 9.88 Å². The van der Waals surface area contributed by atoms with Crippen LogP contribution in [0.3, 0.4) is 0 Å². The molecule has 1 aliphatic carbocycles. The third-order valence-corrected chi connectivity index (χ3v) is 5.11. The van der Waals surface area contributed by atoms with Crippen molar-refractivity contribution in [1.29, 1.82) is 0 Å². The summed E-state index contributed by atoms with van der Waals surface area (Å²) in [6.45, 7) is 4.16. The van der Waals surface area contributed by atoms with E-state index >= 15 is 0 Å². The van der Waals surface area contributed by atoms with Gasteiger partial charge in [0.05, 0.1) is 11.9 Å². The summed E-state index contributed by atoms with van der Waals surface area (Å²) in [5, 5.41) is 2.97. The highest BCUT2D eigenvalue weighted by Gasteiger charge is 2.17. The molecule has 1 N–H and O–H groups in total. The number of aromatic nitrogens is 1. The Hall–Kier alpha value is -1.62. The lowest BCUT2D eigenvalue weighted by atomic mass is 10.0. The van der Waals surface area contributed by atoms with Crippen LogP contribution in [0.15, 0.2) is 18.3 Å². The van der Waals surface area contributed by atoms with Crippen molar-refractivity contribution in [2.75, 3.05) is 43.4 Å². The number of nitrogens with zero attached hydrogens (tertiary/aromatic N) is 3.